The van der Waals surface area contributed by atoms with Gasteiger partial charge in [-0.05, 0) is 19.9 Å². The molecule has 0 bridgehead atoms. The second kappa shape index (κ2) is 6.40. The van der Waals surface area contributed by atoms with Crippen molar-refractivity contribution in [1.82, 2.24) is 10.2 Å². The van der Waals surface area contributed by atoms with Crippen LogP contribution in [0.5, 0.6) is 0 Å². The Morgan fingerprint density at radius 3 is 2.20 bits per heavy atom. The van der Waals surface area contributed by atoms with E-state index in [1.54, 1.807) is 7.05 Å². The van der Waals surface area contributed by atoms with E-state index < -0.39 is 5.97 Å². The molecule has 0 saturated carbocycles. The fourth-order valence-electron chi connectivity index (χ4n) is 0.998. The van der Waals surface area contributed by atoms with Crippen LogP contribution < -0.4 is 5.32 Å². The zero-order valence-corrected chi connectivity index (χ0v) is 9.78. The molecule has 0 spiro atoms. The molecular weight excluding hydrogens is 196 g/mol. The summed E-state index contributed by atoms with van der Waals surface area (Å²) in [6.45, 7) is 5.96. The van der Waals surface area contributed by atoms with Crippen LogP contribution in [0, 0.1) is 5.92 Å². The summed E-state index contributed by atoms with van der Waals surface area (Å²) in [6, 6.07) is 0.107. The van der Waals surface area contributed by atoms with Gasteiger partial charge in [0.2, 0.25) is 5.91 Å². The van der Waals surface area contributed by atoms with Gasteiger partial charge in [0, 0.05) is 6.04 Å². The summed E-state index contributed by atoms with van der Waals surface area (Å²) in [6.07, 6.45) is 0. The van der Waals surface area contributed by atoms with Crippen LogP contribution in [0.2, 0.25) is 0 Å². The maximum Gasteiger partial charge on any atom is 0.317 e. The summed E-state index contributed by atoms with van der Waals surface area (Å²) in [5.74, 6) is -0.694. The Bertz CT molecular complexity index is 229. The number of nitrogens with zero attached hydrogens (tertiary/aromatic N) is 1. The van der Waals surface area contributed by atoms with Crippen molar-refractivity contribution in [3.63, 3.8) is 0 Å². The van der Waals surface area contributed by atoms with Crippen molar-refractivity contribution >= 4 is 11.9 Å². The first-order valence-electron chi connectivity index (χ1n) is 5.02. The highest BCUT2D eigenvalue weighted by Crippen LogP contribution is 1.99. The van der Waals surface area contributed by atoms with Crippen LogP contribution in [0.1, 0.15) is 20.8 Å². The lowest BCUT2D eigenvalue weighted by Gasteiger charge is -2.19. The van der Waals surface area contributed by atoms with Gasteiger partial charge in [0.15, 0.2) is 0 Å². The number of carboxylic acids is 1. The van der Waals surface area contributed by atoms with E-state index in [-0.39, 0.29) is 25.0 Å². The third-order valence-corrected chi connectivity index (χ3v) is 2.21. The Morgan fingerprint density at radius 2 is 1.80 bits per heavy atom. The second-order valence-corrected chi connectivity index (χ2v) is 4.17. The summed E-state index contributed by atoms with van der Waals surface area (Å²) < 4.78 is 0. The van der Waals surface area contributed by atoms with Gasteiger partial charge >= 0.3 is 5.97 Å². The highest BCUT2D eigenvalue weighted by atomic mass is 16.4. The lowest BCUT2D eigenvalue weighted by Crippen LogP contribution is -2.42. The minimum Gasteiger partial charge on any atom is -0.480 e. The monoisotopic (exact) mass is 216 g/mol. The van der Waals surface area contributed by atoms with E-state index in [0.717, 1.165) is 0 Å². The minimum atomic E-state index is -0.929. The maximum absolute atomic E-state index is 11.4. The van der Waals surface area contributed by atoms with Crippen molar-refractivity contribution in [3.05, 3.63) is 0 Å². The molecule has 0 saturated heterocycles. The van der Waals surface area contributed by atoms with E-state index in [0.29, 0.717) is 5.92 Å². The normalized spacial score (nSPS) is 12.9. The number of rotatable bonds is 6. The number of hydrogen-bond donors (Lipinski definition) is 2. The summed E-state index contributed by atoms with van der Waals surface area (Å²) in [5, 5.41) is 11.3. The molecule has 2 N–H and O–H groups in total. The fraction of sp³-hybridized carbons (Fsp3) is 0.800. The standard InChI is InChI=1S/C10H20N2O3/c1-7(2)8(3)11-9(13)5-12(4)6-10(14)15/h7-8H,5-6H2,1-4H3,(H,11,13)(H,14,15). The van der Waals surface area contributed by atoms with Gasteiger partial charge in [0.25, 0.3) is 0 Å². The van der Waals surface area contributed by atoms with E-state index in [9.17, 15) is 9.59 Å². The molecule has 0 aromatic carbocycles. The molecule has 0 aliphatic rings. The van der Waals surface area contributed by atoms with Crippen LogP contribution in [0.4, 0.5) is 0 Å². The molecule has 0 aromatic heterocycles. The van der Waals surface area contributed by atoms with Crippen molar-refractivity contribution in [2.24, 2.45) is 5.92 Å². The van der Waals surface area contributed by atoms with Crippen LogP contribution in [0.25, 0.3) is 0 Å². The fourth-order valence-corrected chi connectivity index (χ4v) is 0.998. The summed E-state index contributed by atoms with van der Waals surface area (Å²) >= 11 is 0. The number of carbonyl (C=O) groups excluding carboxylic acids is 1. The molecule has 0 heterocycles. The molecule has 0 radical (unpaired) electrons. The number of carbonyl (C=O) groups is 2. The van der Waals surface area contributed by atoms with E-state index in [2.05, 4.69) is 5.32 Å². The summed E-state index contributed by atoms with van der Waals surface area (Å²) in [4.78, 5) is 23.2. The van der Waals surface area contributed by atoms with Gasteiger partial charge in [-0.25, -0.2) is 0 Å². The van der Waals surface area contributed by atoms with E-state index >= 15 is 0 Å². The predicted molar refractivity (Wildman–Crippen MR) is 57.6 cm³/mol. The Morgan fingerprint density at radius 1 is 1.27 bits per heavy atom. The maximum atomic E-state index is 11.4. The smallest absolute Gasteiger partial charge is 0.317 e. The minimum absolute atomic E-state index is 0.107. The van der Waals surface area contributed by atoms with Gasteiger partial charge in [-0.15, -0.1) is 0 Å². The van der Waals surface area contributed by atoms with Gasteiger partial charge in [0.05, 0.1) is 13.1 Å². The molecule has 0 rings (SSSR count). The molecular formula is C10H20N2O3. The molecule has 5 heteroatoms. The zero-order chi connectivity index (χ0) is 12.0. The summed E-state index contributed by atoms with van der Waals surface area (Å²) in [5.41, 5.74) is 0. The summed E-state index contributed by atoms with van der Waals surface area (Å²) in [7, 11) is 1.60. The van der Waals surface area contributed by atoms with Crippen LogP contribution >= 0.6 is 0 Å². The van der Waals surface area contributed by atoms with E-state index in [1.807, 2.05) is 20.8 Å². The van der Waals surface area contributed by atoms with Crippen LogP contribution in [-0.4, -0.2) is 48.1 Å². The lowest BCUT2D eigenvalue weighted by molar-refractivity contribution is -0.138. The molecule has 5 nitrogen and oxygen atoms in total. The van der Waals surface area contributed by atoms with Gasteiger partial charge in [-0.3, -0.25) is 14.5 Å². The topological polar surface area (TPSA) is 69.6 Å². The Labute approximate surface area is 90.5 Å². The first-order valence-corrected chi connectivity index (χ1v) is 5.02. The van der Waals surface area contributed by atoms with Crippen molar-refractivity contribution in [2.75, 3.05) is 20.1 Å². The van der Waals surface area contributed by atoms with Gasteiger partial charge in [0.1, 0.15) is 0 Å². The van der Waals surface area contributed by atoms with Gasteiger partial charge in [-0.2, -0.15) is 0 Å². The quantitative estimate of drug-likeness (QED) is 0.663. The van der Waals surface area contributed by atoms with Gasteiger partial charge < -0.3 is 10.4 Å². The number of hydrogen-bond acceptors (Lipinski definition) is 3. The SMILES string of the molecule is CC(C)C(C)NC(=O)CN(C)CC(=O)O. The largest absolute Gasteiger partial charge is 0.480 e. The first-order chi connectivity index (χ1) is 6.82. The number of nitrogens with one attached hydrogen (secondary N) is 1. The molecule has 0 fully saturated rings. The number of amides is 1. The van der Waals surface area contributed by atoms with E-state index in [1.165, 1.54) is 4.90 Å². The van der Waals surface area contributed by atoms with Crippen molar-refractivity contribution in [3.8, 4) is 0 Å². The molecule has 88 valence electrons. The Kier molecular flexibility index (Phi) is 5.93. The third kappa shape index (κ3) is 6.90. The first kappa shape index (κ1) is 13.9. The zero-order valence-electron chi connectivity index (χ0n) is 9.78. The highest BCUT2D eigenvalue weighted by Gasteiger charge is 2.13. The Balaban J connectivity index is 3.88. The number of likely N-dealkylation sites (N-methyl/N-ethyl adjacent to an activating group) is 1. The Hall–Kier alpha value is -1.10. The van der Waals surface area contributed by atoms with Crippen LogP contribution in [0.3, 0.4) is 0 Å². The number of carboxylic acid groups (broad SMARTS) is 1. The average molecular weight is 216 g/mol. The van der Waals surface area contributed by atoms with Gasteiger partial charge in [-0.1, -0.05) is 13.8 Å². The molecule has 0 aliphatic carbocycles. The molecule has 0 aromatic rings. The molecule has 1 amide bonds. The number of aliphatic carboxylic acids is 1. The second-order valence-electron chi connectivity index (χ2n) is 4.17. The average Bonchev–Trinajstić information content (AvgIpc) is 2.00. The lowest BCUT2D eigenvalue weighted by atomic mass is 10.1. The van der Waals surface area contributed by atoms with Crippen molar-refractivity contribution < 1.29 is 14.7 Å². The van der Waals surface area contributed by atoms with Crippen molar-refractivity contribution in [2.45, 2.75) is 26.8 Å². The molecule has 0 aliphatic heterocycles. The molecule has 15 heavy (non-hydrogen) atoms. The van der Waals surface area contributed by atoms with Crippen molar-refractivity contribution in [1.29, 1.82) is 0 Å². The van der Waals surface area contributed by atoms with E-state index in [4.69, 9.17) is 5.11 Å². The molecule has 1 atom stereocenters. The van der Waals surface area contributed by atoms with Crippen LogP contribution in [0.15, 0.2) is 0 Å². The third-order valence-electron chi connectivity index (χ3n) is 2.21. The highest BCUT2D eigenvalue weighted by molar-refractivity contribution is 5.79. The predicted octanol–water partition coefficient (Wildman–Crippen LogP) is 0.164. The molecule has 1 unspecified atom stereocenters. The van der Waals surface area contributed by atoms with Crippen LogP contribution in [-0.2, 0) is 9.59 Å².